The fourth-order valence-electron chi connectivity index (χ4n) is 1.79. The number of ether oxygens (including phenoxy) is 1. The predicted molar refractivity (Wildman–Crippen MR) is 52.6 cm³/mol. The largest absolute Gasteiger partial charge is 0.379 e. The molecule has 0 saturated heterocycles. The van der Waals surface area contributed by atoms with Crippen LogP contribution in [0.15, 0.2) is 18.2 Å². The first-order valence-corrected chi connectivity index (χ1v) is 4.70. The van der Waals surface area contributed by atoms with Gasteiger partial charge in [-0.3, -0.25) is 0 Å². The molecule has 2 heteroatoms. The molecule has 0 fully saturated rings. The molecule has 0 bridgehead atoms. The van der Waals surface area contributed by atoms with Crippen LogP contribution in [0.5, 0.6) is 0 Å². The first kappa shape index (κ1) is 8.73. The molecule has 1 aliphatic rings. The van der Waals surface area contributed by atoms with Crippen LogP contribution in [0.4, 0.5) is 0 Å². The number of aryl methyl sites for hydroxylation is 1. The van der Waals surface area contributed by atoms with E-state index in [1.165, 1.54) is 16.7 Å². The van der Waals surface area contributed by atoms with Crippen molar-refractivity contribution in [3.63, 3.8) is 0 Å². The highest BCUT2D eigenvalue weighted by atomic mass is 16.5. The summed E-state index contributed by atoms with van der Waals surface area (Å²) < 4.78 is 5.40. The molecule has 0 spiro atoms. The van der Waals surface area contributed by atoms with Crippen molar-refractivity contribution in [2.45, 2.75) is 19.4 Å². The minimum Gasteiger partial charge on any atom is -0.379 e. The van der Waals surface area contributed by atoms with E-state index in [1.807, 2.05) is 0 Å². The van der Waals surface area contributed by atoms with Gasteiger partial charge in [0, 0.05) is 0 Å². The third kappa shape index (κ3) is 1.74. The van der Waals surface area contributed by atoms with Crippen molar-refractivity contribution < 1.29 is 4.74 Å². The zero-order valence-electron chi connectivity index (χ0n) is 7.92. The molecule has 1 aromatic carbocycles. The maximum Gasteiger partial charge on any atom is 0.0659 e. The molecule has 0 amide bonds. The zero-order valence-corrected chi connectivity index (χ0v) is 7.92. The van der Waals surface area contributed by atoms with Crippen LogP contribution >= 0.6 is 0 Å². The number of nitrogens with two attached hydrogens (primary N) is 1. The summed E-state index contributed by atoms with van der Waals surface area (Å²) in [6.45, 7) is 3.55. The number of hydrogen-bond donors (Lipinski definition) is 1. The molecule has 0 saturated carbocycles. The van der Waals surface area contributed by atoms with Crippen LogP contribution in [0, 0.1) is 6.92 Å². The molecule has 0 aromatic heterocycles. The van der Waals surface area contributed by atoms with Gasteiger partial charge >= 0.3 is 0 Å². The highest BCUT2D eigenvalue weighted by molar-refractivity contribution is 5.34. The lowest BCUT2D eigenvalue weighted by atomic mass is 9.98. The van der Waals surface area contributed by atoms with E-state index in [2.05, 4.69) is 25.1 Å². The van der Waals surface area contributed by atoms with Gasteiger partial charge in [0.1, 0.15) is 0 Å². The number of rotatable bonds is 0. The second-order valence-corrected chi connectivity index (χ2v) is 3.63. The van der Waals surface area contributed by atoms with E-state index >= 15 is 0 Å². The van der Waals surface area contributed by atoms with E-state index < -0.39 is 0 Å². The molecular weight excluding hydrogens is 162 g/mol. The summed E-state index contributed by atoms with van der Waals surface area (Å²) in [5.41, 5.74) is 9.88. The molecule has 1 unspecified atom stereocenters. The van der Waals surface area contributed by atoms with E-state index in [0.717, 1.165) is 13.0 Å². The fourth-order valence-corrected chi connectivity index (χ4v) is 1.79. The van der Waals surface area contributed by atoms with Gasteiger partial charge in [0.25, 0.3) is 0 Å². The van der Waals surface area contributed by atoms with E-state index in [0.29, 0.717) is 6.61 Å². The van der Waals surface area contributed by atoms with Crippen molar-refractivity contribution in [3.8, 4) is 0 Å². The Morgan fingerprint density at radius 1 is 1.46 bits per heavy atom. The van der Waals surface area contributed by atoms with Crippen molar-refractivity contribution in [1.82, 2.24) is 0 Å². The standard InChI is InChI=1S/C11H15NO/c1-8-2-3-10-9(6-8)4-5-13-7-11(10)12/h2-3,6,11H,4-5,7,12H2,1H3. The summed E-state index contributed by atoms with van der Waals surface area (Å²) in [6, 6.07) is 6.51. The second-order valence-electron chi connectivity index (χ2n) is 3.63. The lowest BCUT2D eigenvalue weighted by Crippen LogP contribution is -2.15. The minimum atomic E-state index is 0.0538. The van der Waals surface area contributed by atoms with Crippen LogP contribution in [-0.4, -0.2) is 13.2 Å². The zero-order chi connectivity index (χ0) is 9.26. The Kier molecular flexibility index (Phi) is 2.34. The van der Waals surface area contributed by atoms with E-state index in [4.69, 9.17) is 10.5 Å². The molecule has 2 nitrogen and oxygen atoms in total. The monoisotopic (exact) mass is 177 g/mol. The highest BCUT2D eigenvalue weighted by Crippen LogP contribution is 2.21. The molecule has 1 heterocycles. The Morgan fingerprint density at radius 2 is 2.31 bits per heavy atom. The second kappa shape index (κ2) is 3.48. The Morgan fingerprint density at radius 3 is 3.15 bits per heavy atom. The van der Waals surface area contributed by atoms with Gasteiger partial charge in [-0.1, -0.05) is 23.8 Å². The van der Waals surface area contributed by atoms with Gasteiger partial charge in [-0.25, -0.2) is 0 Å². The number of fused-ring (bicyclic) bond motifs is 1. The average molecular weight is 177 g/mol. The van der Waals surface area contributed by atoms with E-state index in [1.54, 1.807) is 0 Å². The highest BCUT2D eigenvalue weighted by Gasteiger charge is 2.14. The van der Waals surface area contributed by atoms with Gasteiger partial charge < -0.3 is 10.5 Å². The molecule has 0 aliphatic carbocycles. The molecular formula is C11H15NO. The molecule has 1 aliphatic heterocycles. The van der Waals surface area contributed by atoms with Crippen LogP contribution < -0.4 is 5.73 Å². The quantitative estimate of drug-likeness (QED) is 0.652. The van der Waals surface area contributed by atoms with Crippen LogP contribution in [0.1, 0.15) is 22.7 Å². The molecule has 70 valence electrons. The summed E-state index contributed by atoms with van der Waals surface area (Å²) in [6.07, 6.45) is 0.991. The summed E-state index contributed by atoms with van der Waals surface area (Å²) in [7, 11) is 0. The Labute approximate surface area is 78.7 Å². The maximum absolute atomic E-state index is 5.97. The van der Waals surface area contributed by atoms with Crippen LogP contribution in [0.3, 0.4) is 0 Å². The normalized spacial score (nSPS) is 22.2. The Hall–Kier alpha value is -0.860. The predicted octanol–water partition coefficient (Wildman–Crippen LogP) is 1.57. The van der Waals surface area contributed by atoms with Crippen LogP contribution in [0.2, 0.25) is 0 Å². The third-order valence-corrected chi connectivity index (χ3v) is 2.51. The number of hydrogen-bond acceptors (Lipinski definition) is 2. The molecule has 1 aromatic rings. The third-order valence-electron chi connectivity index (χ3n) is 2.51. The van der Waals surface area contributed by atoms with Gasteiger partial charge in [0.15, 0.2) is 0 Å². The Balaban J connectivity index is 2.42. The topological polar surface area (TPSA) is 35.2 Å². The average Bonchev–Trinajstić information content (AvgIpc) is 2.28. The SMILES string of the molecule is Cc1ccc2c(c1)CCOCC2N. The van der Waals surface area contributed by atoms with Crippen LogP contribution in [-0.2, 0) is 11.2 Å². The Bertz CT molecular complexity index is 309. The summed E-state index contributed by atoms with van der Waals surface area (Å²) in [5.74, 6) is 0. The van der Waals surface area contributed by atoms with Crippen molar-refractivity contribution in [2.75, 3.05) is 13.2 Å². The van der Waals surface area contributed by atoms with Crippen LogP contribution in [0.25, 0.3) is 0 Å². The minimum absolute atomic E-state index is 0.0538. The molecule has 1 atom stereocenters. The van der Waals surface area contributed by atoms with Gasteiger partial charge in [-0.2, -0.15) is 0 Å². The first-order chi connectivity index (χ1) is 6.27. The molecule has 13 heavy (non-hydrogen) atoms. The lowest BCUT2D eigenvalue weighted by Gasteiger charge is -2.11. The molecule has 2 rings (SSSR count). The lowest BCUT2D eigenvalue weighted by molar-refractivity contribution is 0.131. The van der Waals surface area contributed by atoms with Crippen molar-refractivity contribution in [1.29, 1.82) is 0 Å². The summed E-state index contributed by atoms with van der Waals surface area (Å²) in [4.78, 5) is 0. The van der Waals surface area contributed by atoms with Gasteiger partial charge in [0.05, 0.1) is 19.3 Å². The summed E-state index contributed by atoms with van der Waals surface area (Å²) in [5, 5.41) is 0. The van der Waals surface area contributed by atoms with Crippen molar-refractivity contribution >= 4 is 0 Å². The summed E-state index contributed by atoms with van der Waals surface area (Å²) >= 11 is 0. The van der Waals surface area contributed by atoms with Crippen molar-refractivity contribution in [3.05, 3.63) is 34.9 Å². The van der Waals surface area contributed by atoms with Gasteiger partial charge in [-0.15, -0.1) is 0 Å². The van der Waals surface area contributed by atoms with Gasteiger partial charge in [0.2, 0.25) is 0 Å². The maximum atomic E-state index is 5.97. The number of benzene rings is 1. The molecule has 0 radical (unpaired) electrons. The first-order valence-electron chi connectivity index (χ1n) is 4.70. The van der Waals surface area contributed by atoms with Gasteiger partial charge in [-0.05, 0) is 24.5 Å². The molecule has 2 N–H and O–H groups in total. The smallest absolute Gasteiger partial charge is 0.0659 e. The fraction of sp³-hybridized carbons (Fsp3) is 0.455. The van der Waals surface area contributed by atoms with E-state index in [-0.39, 0.29) is 6.04 Å². The van der Waals surface area contributed by atoms with E-state index in [9.17, 15) is 0 Å². The van der Waals surface area contributed by atoms with Crippen molar-refractivity contribution in [2.24, 2.45) is 5.73 Å².